The summed E-state index contributed by atoms with van der Waals surface area (Å²) in [6.45, 7) is 4.19. The van der Waals surface area contributed by atoms with Gasteiger partial charge in [0.05, 0.1) is 13.7 Å². The standard InChI is InChI=1S/C16H19N3O3S/c1-11(2)19(16(21)17-12-7-5-4-6-8-12)9-14-18-13(10-23-14)15(20)22-3/h4-8,10-11H,9H2,1-3H3,(H,17,21). The normalized spacial score (nSPS) is 10.4. The minimum atomic E-state index is -0.475. The van der Waals surface area contributed by atoms with Crippen LogP contribution in [0.1, 0.15) is 29.3 Å². The predicted octanol–water partition coefficient (Wildman–Crippen LogP) is 3.37. The van der Waals surface area contributed by atoms with Crippen LogP contribution in [0.25, 0.3) is 0 Å². The number of hydrogen-bond acceptors (Lipinski definition) is 5. The number of carbonyl (C=O) groups is 2. The van der Waals surface area contributed by atoms with E-state index in [0.29, 0.717) is 11.6 Å². The Hall–Kier alpha value is -2.41. The van der Waals surface area contributed by atoms with Crippen LogP contribution in [0.4, 0.5) is 10.5 Å². The molecule has 23 heavy (non-hydrogen) atoms. The summed E-state index contributed by atoms with van der Waals surface area (Å²) < 4.78 is 4.64. The largest absolute Gasteiger partial charge is 0.464 e. The van der Waals surface area contributed by atoms with Crippen molar-refractivity contribution in [1.82, 2.24) is 9.88 Å². The fraction of sp³-hybridized carbons (Fsp3) is 0.312. The van der Waals surface area contributed by atoms with Gasteiger partial charge in [-0.1, -0.05) is 18.2 Å². The Balaban J connectivity index is 2.08. The van der Waals surface area contributed by atoms with Crippen LogP contribution in [0.3, 0.4) is 0 Å². The lowest BCUT2D eigenvalue weighted by atomic mass is 10.3. The van der Waals surface area contributed by atoms with Gasteiger partial charge in [-0.05, 0) is 26.0 Å². The second-order valence-electron chi connectivity index (χ2n) is 5.14. The molecule has 2 rings (SSSR count). The number of hydrogen-bond donors (Lipinski definition) is 1. The van der Waals surface area contributed by atoms with Gasteiger partial charge in [0, 0.05) is 17.1 Å². The number of benzene rings is 1. The number of amides is 2. The van der Waals surface area contributed by atoms with E-state index in [1.54, 1.807) is 10.3 Å². The van der Waals surface area contributed by atoms with E-state index in [4.69, 9.17) is 0 Å². The number of anilines is 1. The summed E-state index contributed by atoms with van der Waals surface area (Å²) in [5, 5.41) is 5.17. The summed E-state index contributed by atoms with van der Waals surface area (Å²) in [5.74, 6) is -0.475. The van der Waals surface area contributed by atoms with Crippen LogP contribution in [0.5, 0.6) is 0 Å². The molecule has 1 heterocycles. The maximum Gasteiger partial charge on any atom is 0.357 e. The van der Waals surface area contributed by atoms with E-state index in [9.17, 15) is 9.59 Å². The Kier molecular flexibility index (Phi) is 5.70. The monoisotopic (exact) mass is 333 g/mol. The number of para-hydroxylation sites is 1. The van der Waals surface area contributed by atoms with Gasteiger partial charge in [0.15, 0.2) is 5.69 Å². The molecule has 0 spiro atoms. The molecule has 1 aromatic heterocycles. The summed E-state index contributed by atoms with van der Waals surface area (Å²) in [6.07, 6.45) is 0. The van der Waals surface area contributed by atoms with Crippen molar-refractivity contribution in [2.24, 2.45) is 0 Å². The number of methoxy groups -OCH3 is 1. The molecular weight excluding hydrogens is 314 g/mol. The van der Waals surface area contributed by atoms with Gasteiger partial charge in [-0.2, -0.15) is 0 Å². The first-order valence-corrected chi connectivity index (χ1v) is 8.04. The van der Waals surface area contributed by atoms with Crippen LogP contribution in [0, 0.1) is 0 Å². The van der Waals surface area contributed by atoms with Crippen molar-refractivity contribution in [1.29, 1.82) is 0 Å². The average molecular weight is 333 g/mol. The summed E-state index contributed by atoms with van der Waals surface area (Å²) >= 11 is 1.33. The smallest absolute Gasteiger partial charge is 0.357 e. The maximum absolute atomic E-state index is 12.5. The first-order valence-electron chi connectivity index (χ1n) is 7.16. The molecule has 6 nitrogen and oxygen atoms in total. The van der Waals surface area contributed by atoms with Gasteiger partial charge >= 0.3 is 12.0 Å². The predicted molar refractivity (Wildman–Crippen MR) is 89.6 cm³/mol. The third kappa shape index (κ3) is 4.53. The third-order valence-corrected chi connectivity index (χ3v) is 3.99. The van der Waals surface area contributed by atoms with Crippen LogP contribution in [0.15, 0.2) is 35.7 Å². The molecule has 0 unspecified atom stereocenters. The van der Waals surface area contributed by atoms with E-state index >= 15 is 0 Å². The molecular formula is C16H19N3O3S. The minimum Gasteiger partial charge on any atom is -0.464 e. The van der Waals surface area contributed by atoms with Crippen LogP contribution in [0.2, 0.25) is 0 Å². The Morgan fingerprint density at radius 2 is 2.00 bits per heavy atom. The number of esters is 1. The van der Waals surface area contributed by atoms with Gasteiger partial charge in [0.2, 0.25) is 0 Å². The van der Waals surface area contributed by atoms with Crippen LogP contribution in [-0.2, 0) is 11.3 Å². The molecule has 2 amide bonds. The minimum absolute atomic E-state index is 0.0100. The fourth-order valence-electron chi connectivity index (χ4n) is 1.93. The fourth-order valence-corrected chi connectivity index (χ4v) is 2.69. The van der Waals surface area contributed by atoms with E-state index in [0.717, 1.165) is 5.69 Å². The van der Waals surface area contributed by atoms with E-state index in [1.165, 1.54) is 18.4 Å². The summed E-state index contributed by atoms with van der Waals surface area (Å²) in [5.41, 5.74) is 0.997. The van der Waals surface area contributed by atoms with Crippen molar-refractivity contribution in [3.05, 3.63) is 46.4 Å². The third-order valence-electron chi connectivity index (χ3n) is 3.16. The molecule has 2 aromatic rings. The molecule has 0 radical (unpaired) electrons. The molecule has 0 saturated carbocycles. The number of nitrogens with zero attached hydrogens (tertiary/aromatic N) is 2. The average Bonchev–Trinajstić information content (AvgIpc) is 3.01. The number of urea groups is 1. The lowest BCUT2D eigenvalue weighted by molar-refractivity contribution is 0.0594. The quantitative estimate of drug-likeness (QED) is 0.852. The van der Waals surface area contributed by atoms with Crippen molar-refractivity contribution in [3.8, 4) is 0 Å². The number of aromatic nitrogens is 1. The van der Waals surface area contributed by atoms with E-state index in [2.05, 4.69) is 15.0 Å². The molecule has 0 aliphatic carbocycles. The molecule has 1 N–H and O–H groups in total. The second kappa shape index (κ2) is 7.73. The zero-order valence-corrected chi connectivity index (χ0v) is 14.1. The van der Waals surface area contributed by atoms with Crippen molar-refractivity contribution >= 4 is 29.0 Å². The van der Waals surface area contributed by atoms with Gasteiger partial charge in [-0.15, -0.1) is 11.3 Å². The Morgan fingerprint density at radius 1 is 1.30 bits per heavy atom. The van der Waals surface area contributed by atoms with Gasteiger partial charge in [-0.3, -0.25) is 0 Å². The molecule has 0 saturated heterocycles. The number of ether oxygens (including phenoxy) is 1. The first kappa shape index (κ1) is 17.0. The SMILES string of the molecule is COC(=O)c1csc(CN(C(=O)Nc2ccccc2)C(C)C)n1. The van der Waals surface area contributed by atoms with Crippen molar-refractivity contribution in [2.75, 3.05) is 12.4 Å². The van der Waals surface area contributed by atoms with E-state index in [1.807, 2.05) is 44.2 Å². The molecule has 0 fully saturated rings. The molecule has 7 heteroatoms. The van der Waals surface area contributed by atoms with Gasteiger partial charge < -0.3 is 15.0 Å². The highest BCUT2D eigenvalue weighted by atomic mass is 32.1. The van der Waals surface area contributed by atoms with Crippen LogP contribution >= 0.6 is 11.3 Å². The Labute approximate surface area is 139 Å². The number of nitrogens with one attached hydrogen (secondary N) is 1. The molecule has 1 aromatic carbocycles. The molecule has 122 valence electrons. The highest BCUT2D eigenvalue weighted by Gasteiger charge is 2.20. The summed E-state index contributed by atoms with van der Waals surface area (Å²) in [4.78, 5) is 29.8. The van der Waals surface area contributed by atoms with Gasteiger partial charge in [-0.25, -0.2) is 14.6 Å². The van der Waals surface area contributed by atoms with Gasteiger partial charge in [0.25, 0.3) is 0 Å². The number of rotatable bonds is 5. The summed E-state index contributed by atoms with van der Waals surface area (Å²) in [6, 6.07) is 9.05. The lowest BCUT2D eigenvalue weighted by Crippen LogP contribution is -2.39. The Morgan fingerprint density at radius 3 is 2.61 bits per heavy atom. The van der Waals surface area contributed by atoms with Gasteiger partial charge in [0.1, 0.15) is 5.01 Å². The zero-order valence-electron chi connectivity index (χ0n) is 13.3. The van der Waals surface area contributed by atoms with E-state index < -0.39 is 5.97 Å². The number of thiazole rings is 1. The second-order valence-corrected chi connectivity index (χ2v) is 6.08. The Bertz CT molecular complexity index is 670. The highest BCUT2D eigenvalue weighted by molar-refractivity contribution is 7.09. The topological polar surface area (TPSA) is 71.5 Å². The van der Waals surface area contributed by atoms with E-state index in [-0.39, 0.29) is 17.8 Å². The highest BCUT2D eigenvalue weighted by Crippen LogP contribution is 2.16. The molecule has 0 bridgehead atoms. The van der Waals surface area contributed by atoms with Crippen LogP contribution in [-0.4, -0.2) is 35.0 Å². The van der Waals surface area contributed by atoms with Crippen LogP contribution < -0.4 is 5.32 Å². The van der Waals surface area contributed by atoms with Crippen molar-refractivity contribution < 1.29 is 14.3 Å². The molecule has 0 aliphatic heterocycles. The number of carbonyl (C=O) groups excluding carboxylic acids is 2. The first-order chi connectivity index (χ1) is 11.0. The maximum atomic E-state index is 12.5. The zero-order chi connectivity index (χ0) is 16.8. The lowest BCUT2D eigenvalue weighted by Gasteiger charge is -2.26. The molecule has 0 atom stereocenters. The van der Waals surface area contributed by atoms with Crippen molar-refractivity contribution in [2.45, 2.75) is 26.4 Å². The van der Waals surface area contributed by atoms with Crippen molar-refractivity contribution in [3.63, 3.8) is 0 Å². The summed E-state index contributed by atoms with van der Waals surface area (Å²) in [7, 11) is 1.31. The molecule has 0 aliphatic rings.